The standard InChI is InChI=1S/C13H20N2O2/c1-10(2)9-17-12-6-4-11(5-7-12)15-13(16)8-14-3/h4-7,10,14H,8-9H2,1-3H3,(H,15,16). The molecule has 0 atom stereocenters. The van der Waals surface area contributed by atoms with Gasteiger partial charge in [0.25, 0.3) is 0 Å². The highest BCUT2D eigenvalue weighted by Crippen LogP contribution is 2.16. The van der Waals surface area contributed by atoms with Crippen LogP contribution in [0.15, 0.2) is 24.3 Å². The third-order valence-electron chi connectivity index (χ3n) is 2.06. The van der Waals surface area contributed by atoms with E-state index in [-0.39, 0.29) is 5.91 Å². The number of benzene rings is 1. The van der Waals surface area contributed by atoms with Crippen LogP contribution in [0.3, 0.4) is 0 Å². The Labute approximate surface area is 102 Å². The van der Waals surface area contributed by atoms with Crippen LogP contribution in [0.1, 0.15) is 13.8 Å². The van der Waals surface area contributed by atoms with Crippen LogP contribution in [0.5, 0.6) is 5.75 Å². The van der Waals surface area contributed by atoms with Gasteiger partial charge in [0.05, 0.1) is 13.2 Å². The fourth-order valence-electron chi connectivity index (χ4n) is 1.26. The molecule has 0 aromatic heterocycles. The Hall–Kier alpha value is -1.55. The van der Waals surface area contributed by atoms with E-state index >= 15 is 0 Å². The highest BCUT2D eigenvalue weighted by Gasteiger charge is 2.01. The monoisotopic (exact) mass is 236 g/mol. The van der Waals surface area contributed by atoms with Crippen LogP contribution in [0.25, 0.3) is 0 Å². The second kappa shape index (κ2) is 6.91. The van der Waals surface area contributed by atoms with Gasteiger partial charge in [0.15, 0.2) is 0 Å². The summed E-state index contributed by atoms with van der Waals surface area (Å²) in [6.07, 6.45) is 0. The summed E-state index contributed by atoms with van der Waals surface area (Å²) in [6, 6.07) is 7.39. The molecule has 1 rings (SSSR count). The maximum atomic E-state index is 11.3. The molecule has 94 valence electrons. The van der Waals surface area contributed by atoms with E-state index < -0.39 is 0 Å². The molecule has 1 aromatic rings. The van der Waals surface area contributed by atoms with Crippen LogP contribution < -0.4 is 15.4 Å². The molecule has 0 saturated heterocycles. The number of ether oxygens (including phenoxy) is 1. The molecule has 2 N–H and O–H groups in total. The number of anilines is 1. The number of carbonyl (C=O) groups excluding carboxylic acids is 1. The smallest absolute Gasteiger partial charge is 0.238 e. The Balaban J connectivity index is 2.47. The molecule has 1 aromatic carbocycles. The molecule has 4 nitrogen and oxygen atoms in total. The van der Waals surface area contributed by atoms with Crippen LogP contribution >= 0.6 is 0 Å². The molecule has 0 aliphatic rings. The van der Waals surface area contributed by atoms with E-state index in [0.29, 0.717) is 19.1 Å². The van der Waals surface area contributed by atoms with Crippen LogP contribution in [-0.2, 0) is 4.79 Å². The van der Waals surface area contributed by atoms with Gasteiger partial charge in [-0.15, -0.1) is 0 Å². The number of rotatable bonds is 6. The average molecular weight is 236 g/mol. The zero-order valence-corrected chi connectivity index (χ0v) is 10.6. The van der Waals surface area contributed by atoms with Gasteiger partial charge < -0.3 is 15.4 Å². The van der Waals surface area contributed by atoms with E-state index in [1.807, 2.05) is 24.3 Å². The summed E-state index contributed by atoms with van der Waals surface area (Å²) < 4.78 is 5.55. The van der Waals surface area contributed by atoms with Crippen molar-refractivity contribution in [3.8, 4) is 5.75 Å². The molecule has 0 heterocycles. The maximum Gasteiger partial charge on any atom is 0.238 e. The van der Waals surface area contributed by atoms with Crippen molar-refractivity contribution in [3.63, 3.8) is 0 Å². The molecule has 0 spiro atoms. The SMILES string of the molecule is CNCC(=O)Nc1ccc(OCC(C)C)cc1. The van der Waals surface area contributed by atoms with Gasteiger partial charge in [0.2, 0.25) is 5.91 Å². The molecule has 1 amide bonds. The zero-order valence-electron chi connectivity index (χ0n) is 10.6. The van der Waals surface area contributed by atoms with Crippen molar-refractivity contribution in [2.75, 3.05) is 25.5 Å². The number of amides is 1. The maximum absolute atomic E-state index is 11.3. The second-order valence-corrected chi connectivity index (χ2v) is 4.31. The molecule has 0 radical (unpaired) electrons. The number of likely N-dealkylation sites (N-methyl/N-ethyl adjacent to an activating group) is 1. The quantitative estimate of drug-likeness (QED) is 0.793. The van der Waals surface area contributed by atoms with Gasteiger partial charge in [-0.25, -0.2) is 0 Å². The first-order chi connectivity index (χ1) is 8.11. The van der Waals surface area contributed by atoms with Gasteiger partial charge in [0.1, 0.15) is 5.75 Å². The molecule has 17 heavy (non-hydrogen) atoms. The van der Waals surface area contributed by atoms with Crippen LogP contribution in [0.2, 0.25) is 0 Å². The second-order valence-electron chi connectivity index (χ2n) is 4.31. The lowest BCUT2D eigenvalue weighted by Crippen LogP contribution is -2.24. The van der Waals surface area contributed by atoms with E-state index in [9.17, 15) is 4.79 Å². The molecular weight excluding hydrogens is 216 g/mol. The number of carbonyl (C=O) groups is 1. The Morgan fingerprint density at radius 3 is 2.47 bits per heavy atom. The van der Waals surface area contributed by atoms with Crippen molar-refractivity contribution >= 4 is 11.6 Å². The van der Waals surface area contributed by atoms with Gasteiger partial charge in [-0.05, 0) is 37.2 Å². The number of hydrogen-bond acceptors (Lipinski definition) is 3. The summed E-state index contributed by atoms with van der Waals surface area (Å²) in [5.74, 6) is 1.28. The first-order valence-corrected chi connectivity index (χ1v) is 5.79. The molecular formula is C13H20N2O2. The van der Waals surface area contributed by atoms with Gasteiger partial charge >= 0.3 is 0 Å². The number of hydrogen-bond donors (Lipinski definition) is 2. The Kier molecular flexibility index (Phi) is 5.49. The van der Waals surface area contributed by atoms with Crippen molar-refractivity contribution < 1.29 is 9.53 Å². The van der Waals surface area contributed by atoms with Crippen molar-refractivity contribution in [3.05, 3.63) is 24.3 Å². The summed E-state index contributed by atoms with van der Waals surface area (Å²) in [6.45, 7) is 5.22. The summed E-state index contributed by atoms with van der Waals surface area (Å²) >= 11 is 0. The normalized spacial score (nSPS) is 10.4. The van der Waals surface area contributed by atoms with Gasteiger partial charge in [-0.2, -0.15) is 0 Å². The largest absolute Gasteiger partial charge is 0.493 e. The van der Waals surface area contributed by atoms with Crippen molar-refractivity contribution in [1.82, 2.24) is 5.32 Å². The summed E-state index contributed by atoms with van der Waals surface area (Å²) in [4.78, 5) is 11.3. The first-order valence-electron chi connectivity index (χ1n) is 5.79. The predicted molar refractivity (Wildman–Crippen MR) is 69.3 cm³/mol. The summed E-state index contributed by atoms with van der Waals surface area (Å²) in [5.41, 5.74) is 0.780. The molecule has 0 bridgehead atoms. The lowest BCUT2D eigenvalue weighted by atomic mass is 10.2. The Morgan fingerprint density at radius 1 is 1.29 bits per heavy atom. The van der Waals surface area contributed by atoms with Gasteiger partial charge in [0, 0.05) is 5.69 Å². The van der Waals surface area contributed by atoms with Crippen molar-refractivity contribution in [2.45, 2.75) is 13.8 Å². The lowest BCUT2D eigenvalue weighted by molar-refractivity contribution is -0.115. The van der Waals surface area contributed by atoms with Crippen molar-refractivity contribution in [1.29, 1.82) is 0 Å². The first kappa shape index (κ1) is 13.5. The highest BCUT2D eigenvalue weighted by atomic mass is 16.5. The number of nitrogens with one attached hydrogen (secondary N) is 2. The topological polar surface area (TPSA) is 50.4 Å². The minimum Gasteiger partial charge on any atom is -0.493 e. The van der Waals surface area contributed by atoms with Crippen molar-refractivity contribution in [2.24, 2.45) is 5.92 Å². The molecule has 0 aliphatic heterocycles. The van der Waals surface area contributed by atoms with Gasteiger partial charge in [-0.1, -0.05) is 13.8 Å². The molecule has 4 heteroatoms. The van der Waals surface area contributed by atoms with E-state index in [1.165, 1.54) is 0 Å². The van der Waals surface area contributed by atoms with E-state index in [0.717, 1.165) is 11.4 Å². The predicted octanol–water partition coefficient (Wildman–Crippen LogP) is 1.88. The molecule has 0 unspecified atom stereocenters. The zero-order chi connectivity index (χ0) is 12.7. The summed E-state index contributed by atoms with van der Waals surface area (Å²) in [5, 5.41) is 5.57. The Morgan fingerprint density at radius 2 is 1.94 bits per heavy atom. The highest BCUT2D eigenvalue weighted by molar-refractivity contribution is 5.92. The fourth-order valence-corrected chi connectivity index (χ4v) is 1.26. The Bertz CT molecular complexity index is 347. The molecule has 0 fully saturated rings. The average Bonchev–Trinajstić information content (AvgIpc) is 2.28. The van der Waals surface area contributed by atoms with Crippen LogP contribution in [0.4, 0.5) is 5.69 Å². The molecule has 0 aliphatic carbocycles. The van der Waals surface area contributed by atoms with E-state index in [4.69, 9.17) is 4.74 Å². The van der Waals surface area contributed by atoms with E-state index in [1.54, 1.807) is 7.05 Å². The minimum absolute atomic E-state index is 0.0525. The van der Waals surface area contributed by atoms with Crippen LogP contribution in [-0.4, -0.2) is 26.1 Å². The summed E-state index contributed by atoms with van der Waals surface area (Å²) in [7, 11) is 1.74. The third kappa shape index (κ3) is 5.36. The minimum atomic E-state index is -0.0525. The molecule has 0 saturated carbocycles. The van der Waals surface area contributed by atoms with Gasteiger partial charge in [-0.3, -0.25) is 4.79 Å². The van der Waals surface area contributed by atoms with Crippen LogP contribution in [0, 0.1) is 5.92 Å². The fraction of sp³-hybridized carbons (Fsp3) is 0.462. The van der Waals surface area contributed by atoms with E-state index in [2.05, 4.69) is 24.5 Å². The third-order valence-corrected chi connectivity index (χ3v) is 2.06. The lowest BCUT2D eigenvalue weighted by Gasteiger charge is -2.09.